The number of halogens is 1. The highest BCUT2D eigenvalue weighted by atomic mass is 19.1. The highest BCUT2D eigenvalue weighted by Gasteiger charge is 2.18. The maximum atomic E-state index is 13.3. The molecule has 4 heteroatoms. The first-order chi connectivity index (χ1) is 7.60. The van der Waals surface area contributed by atoms with Crippen LogP contribution < -0.4 is 9.47 Å². The summed E-state index contributed by atoms with van der Waals surface area (Å²) in [7, 11) is 1.42. The molecule has 1 unspecified atom stereocenters. The number of para-hydroxylation sites is 1. The molecule has 16 heavy (non-hydrogen) atoms. The maximum absolute atomic E-state index is 13.3. The summed E-state index contributed by atoms with van der Waals surface area (Å²) in [5.74, 6) is 0.718. The molecule has 1 aromatic carbocycles. The van der Waals surface area contributed by atoms with Crippen molar-refractivity contribution in [2.24, 2.45) is 0 Å². The van der Waals surface area contributed by atoms with Gasteiger partial charge in [0.25, 0.3) is 0 Å². The van der Waals surface area contributed by atoms with Crippen LogP contribution in [0.1, 0.15) is 25.6 Å². The molecule has 1 aromatic rings. The number of hydrogen-bond donors (Lipinski definition) is 0. The van der Waals surface area contributed by atoms with Crippen LogP contribution in [0.4, 0.5) is 4.39 Å². The van der Waals surface area contributed by atoms with E-state index >= 15 is 0 Å². The lowest BCUT2D eigenvalue weighted by molar-refractivity contribution is -0.112. The second-order valence-corrected chi connectivity index (χ2v) is 3.58. The Morgan fingerprint density at radius 1 is 1.38 bits per heavy atom. The van der Waals surface area contributed by atoms with Crippen molar-refractivity contribution in [1.82, 2.24) is 0 Å². The van der Waals surface area contributed by atoms with E-state index in [0.717, 1.165) is 0 Å². The summed E-state index contributed by atoms with van der Waals surface area (Å²) in [5, 5.41) is 0. The molecule has 0 aliphatic carbocycles. The number of carbonyl (C=O) groups excluding carboxylic acids is 1. The molecule has 88 valence electrons. The summed E-state index contributed by atoms with van der Waals surface area (Å²) >= 11 is 0. The summed E-state index contributed by atoms with van der Waals surface area (Å²) in [6.07, 6.45) is -1.50. The van der Waals surface area contributed by atoms with Crippen LogP contribution in [0.2, 0.25) is 0 Å². The molecule has 0 spiro atoms. The van der Waals surface area contributed by atoms with E-state index in [4.69, 9.17) is 9.47 Å². The molecular formula is C12H15FO3. The highest BCUT2D eigenvalue weighted by Crippen LogP contribution is 2.35. The smallest absolute Gasteiger partial charge is 0.184 e. The number of alkyl halides is 1. The Labute approximate surface area is 94.2 Å². The third kappa shape index (κ3) is 2.72. The second-order valence-electron chi connectivity index (χ2n) is 3.58. The van der Waals surface area contributed by atoms with Crippen molar-refractivity contribution in [2.45, 2.75) is 26.1 Å². The zero-order valence-corrected chi connectivity index (χ0v) is 9.57. The molecule has 0 bridgehead atoms. The lowest BCUT2D eigenvalue weighted by atomic mass is 10.1. The SMILES string of the molecule is COc1c(OC(C)C)cccc1C(F)C=O. The van der Waals surface area contributed by atoms with E-state index in [2.05, 4.69) is 0 Å². The lowest BCUT2D eigenvalue weighted by Crippen LogP contribution is -2.08. The lowest BCUT2D eigenvalue weighted by Gasteiger charge is -2.16. The number of methoxy groups -OCH3 is 1. The average molecular weight is 226 g/mol. The summed E-state index contributed by atoms with van der Waals surface area (Å²) in [6, 6.07) is 4.82. The molecule has 0 aromatic heterocycles. The minimum absolute atomic E-state index is 0.0431. The van der Waals surface area contributed by atoms with Crippen LogP contribution in [0.5, 0.6) is 11.5 Å². The topological polar surface area (TPSA) is 35.5 Å². The van der Waals surface area contributed by atoms with E-state index in [0.29, 0.717) is 5.75 Å². The van der Waals surface area contributed by atoms with E-state index in [9.17, 15) is 9.18 Å². The second kappa shape index (κ2) is 5.49. The quantitative estimate of drug-likeness (QED) is 0.724. The number of carbonyl (C=O) groups is 1. The van der Waals surface area contributed by atoms with Crippen molar-refractivity contribution in [3.05, 3.63) is 23.8 Å². The summed E-state index contributed by atoms with van der Waals surface area (Å²) < 4.78 is 23.9. The molecule has 1 atom stereocenters. The van der Waals surface area contributed by atoms with Crippen molar-refractivity contribution >= 4 is 6.29 Å². The van der Waals surface area contributed by atoms with Gasteiger partial charge in [0.15, 0.2) is 24.0 Å². The van der Waals surface area contributed by atoms with E-state index in [1.54, 1.807) is 12.1 Å². The van der Waals surface area contributed by atoms with E-state index in [1.165, 1.54) is 13.2 Å². The molecule has 0 saturated heterocycles. The van der Waals surface area contributed by atoms with Crippen LogP contribution in [0.15, 0.2) is 18.2 Å². The molecule has 0 radical (unpaired) electrons. The Morgan fingerprint density at radius 3 is 2.56 bits per heavy atom. The van der Waals surface area contributed by atoms with Gasteiger partial charge in [0.05, 0.1) is 13.2 Å². The van der Waals surface area contributed by atoms with E-state index in [-0.39, 0.29) is 23.7 Å². The van der Waals surface area contributed by atoms with Gasteiger partial charge in [-0.3, -0.25) is 4.79 Å². The predicted molar refractivity (Wildman–Crippen MR) is 58.7 cm³/mol. The Hall–Kier alpha value is -1.58. The van der Waals surface area contributed by atoms with Gasteiger partial charge in [0.2, 0.25) is 0 Å². The largest absolute Gasteiger partial charge is 0.492 e. The van der Waals surface area contributed by atoms with Crippen molar-refractivity contribution in [1.29, 1.82) is 0 Å². The summed E-state index contributed by atoms with van der Waals surface area (Å²) in [4.78, 5) is 10.4. The molecule has 0 saturated carbocycles. The Balaban J connectivity index is 3.14. The van der Waals surface area contributed by atoms with Crippen LogP contribution in [-0.4, -0.2) is 19.5 Å². The van der Waals surface area contributed by atoms with Crippen LogP contribution >= 0.6 is 0 Å². The fourth-order valence-electron chi connectivity index (χ4n) is 1.39. The number of ether oxygens (including phenoxy) is 2. The van der Waals surface area contributed by atoms with Gasteiger partial charge in [-0.1, -0.05) is 12.1 Å². The number of rotatable bonds is 5. The zero-order valence-electron chi connectivity index (χ0n) is 9.57. The maximum Gasteiger partial charge on any atom is 0.184 e. The van der Waals surface area contributed by atoms with Gasteiger partial charge in [-0.2, -0.15) is 0 Å². The number of aldehydes is 1. The molecule has 0 amide bonds. The van der Waals surface area contributed by atoms with Crippen molar-refractivity contribution < 1.29 is 18.7 Å². The van der Waals surface area contributed by atoms with Crippen LogP contribution in [-0.2, 0) is 4.79 Å². The van der Waals surface area contributed by atoms with Crippen molar-refractivity contribution in [3.8, 4) is 11.5 Å². The molecule has 0 heterocycles. The summed E-state index contributed by atoms with van der Waals surface area (Å²) in [6.45, 7) is 3.72. The van der Waals surface area contributed by atoms with Gasteiger partial charge in [0, 0.05) is 5.56 Å². The average Bonchev–Trinajstić information content (AvgIpc) is 2.27. The fraction of sp³-hybridized carbons (Fsp3) is 0.417. The third-order valence-corrected chi connectivity index (χ3v) is 1.99. The molecule has 3 nitrogen and oxygen atoms in total. The fourth-order valence-corrected chi connectivity index (χ4v) is 1.39. The molecule has 0 fully saturated rings. The minimum Gasteiger partial charge on any atom is -0.492 e. The Bertz CT molecular complexity index is 363. The Kier molecular flexibility index (Phi) is 4.28. The first-order valence-electron chi connectivity index (χ1n) is 5.03. The van der Waals surface area contributed by atoms with Crippen LogP contribution in [0, 0.1) is 0 Å². The van der Waals surface area contributed by atoms with Crippen LogP contribution in [0.25, 0.3) is 0 Å². The van der Waals surface area contributed by atoms with E-state index < -0.39 is 6.17 Å². The standard InChI is InChI=1S/C12H15FO3/c1-8(2)16-11-6-4-5-9(10(13)7-14)12(11)15-3/h4-8,10H,1-3H3. The normalized spacial score (nSPS) is 12.3. The predicted octanol–water partition coefficient (Wildman–Crippen LogP) is 2.69. The van der Waals surface area contributed by atoms with Gasteiger partial charge in [0.1, 0.15) is 0 Å². The van der Waals surface area contributed by atoms with Gasteiger partial charge in [-0.15, -0.1) is 0 Å². The van der Waals surface area contributed by atoms with Gasteiger partial charge < -0.3 is 9.47 Å². The number of hydrogen-bond acceptors (Lipinski definition) is 3. The third-order valence-electron chi connectivity index (χ3n) is 1.99. The molecule has 1 rings (SSSR count). The first kappa shape index (κ1) is 12.5. The molecule has 0 aliphatic rings. The minimum atomic E-state index is -1.69. The summed E-state index contributed by atoms with van der Waals surface area (Å²) in [5.41, 5.74) is 0.190. The van der Waals surface area contributed by atoms with Crippen LogP contribution in [0.3, 0.4) is 0 Å². The first-order valence-corrected chi connectivity index (χ1v) is 5.03. The van der Waals surface area contributed by atoms with Gasteiger partial charge in [-0.05, 0) is 19.9 Å². The number of benzene rings is 1. The van der Waals surface area contributed by atoms with Crippen molar-refractivity contribution in [3.63, 3.8) is 0 Å². The van der Waals surface area contributed by atoms with Gasteiger partial charge in [-0.25, -0.2) is 4.39 Å². The Morgan fingerprint density at radius 2 is 2.06 bits per heavy atom. The zero-order chi connectivity index (χ0) is 12.1. The molecular weight excluding hydrogens is 211 g/mol. The molecule has 0 N–H and O–H groups in total. The monoisotopic (exact) mass is 226 g/mol. The highest BCUT2D eigenvalue weighted by molar-refractivity contribution is 5.64. The molecule has 0 aliphatic heterocycles. The van der Waals surface area contributed by atoms with E-state index in [1.807, 2.05) is 13.8 Å². The van der Waals surface area contributed by atoms with Gasteiger partial charge >= 0.3 is 0 Å². The van der Waals surface area contributed by atoms with Crippen molar-refractivity contribution in [2.75, 3.05) is 7.11 Å².